The summed E-state index contributed by atoms with van der Waals surface area (Å²) in [4.78, 5) is 35.2. The molecule has 10 aromatic rings. The molecule has 0 atom stereocenters. The van der Waals surface area contributed by atoms with Gasteiger partial charge in [0.25, 0.3) is 0 Å². The monoisotopic (exact) mass is 1040 g/mol. The minimum atomic E-state index is 0.0281. The molecule has 0 bridgehead atoms. The Balaban J connectivity index is 0.794. The van der Waals surface area contributed by atoms with Gasteiger partial charge >= 0.3 is 0 Å². The third kappa shape index (κ3) is 9.83. The highest BCUT2D eigenvalue weighted by Gasteiger charge is 2.25. The van der Waals surface area contributed by atoms with Gasteiger partial charge in [0.1, 0.15) is 7.11 Å². The lowest BCUT2D eigenvalue weighted by Crippen LogP contribution is -2.13. The summed E-state index contributed by atoms with van der Waals surface area (Å²) in [5, 5.41) is 25.8. The van der Waals surface area contributed by atoms with E-state index in [1.807, 2.05) is 47.2 Å². The van der Waals surface area contributed by atoms with Crippen LogP contribution in [0.25, 0.3) is 65.2 Å². The van der Waals surface area contributed by atoms with E-state index >= 15 is 0 Å². The molecule has 0 amide bonds. The summed E-state index contributed by atoms with van der Waals surface area (Å²) >= 11 is 2.95. The number of carbonyl (C=O) groups excluding carboxylic acids is 2. The van der Waals surface area contributed by atoms with Crippen molar-refractivity contribution in [1.29, 1.82) is 5.41 Å². The zero-order valence-corrected chi connectivity index (χ0v) is 44.9. The number of aromatic nitrogens is 2. The SMILES string of the molecule is CO/N=C(\CCC1CCCC1)c1ccc2c(c1)c1cc(C(=O)c3cccs3)c3ccccc3c1n2CCOCCOCCn1c2ccc(C(=N)CCC3CCCC3)cc2c2cc(C(=O)c3cccs3)c3ccccc3c21. The highest BCUT2D eigenvalue weighted by molar-refractivity contribution is 7.12. The molecule has 2 aliphatic carbocycles. The molecule has 4 heterocycles. The number of ketones is 2. The Morgan fingerprint density at radius 3 is 1.50 bits per heavy atom. The van der Waals surface area contributed by atoms with E-state index in [1.54, 1.807) is 7.11 Å². The van der Waals surface area contributed by atoms with Crippen LogP contribution in [0, 0.1) is 17.2 Å². The quantitative estimate of drug-likeness (QED) is 0.0315. The molecule has 386 valence electrons. The Morgan fingerprint density at radius 2 is 1.01 bits per heavy atom. The van der Waals surface area contributed by atoms with Gasteiger partial charge in [-0.25, -0.2) is 0 Å². The van der Waals surface area contributed by atoms with Crippen molar-refractivity contribution in [2.24, 2.45) is 17.0 Å². The van der Waals surface area contributed by atoms with Crippen molar-refractivity contribution >= 4 is 111 Å². The van der Waals surface area contributed by atoms with Crippen LogP contribution >= 0.6 is 22.7 Å². The number of oxime groups is 1. The van der Waals surface area contributed by atoms with Crippen LogP contribution < -0.4 is 0 Å². The van der Waals surface area contributed by atoms with Crippen molar-refractivity contribution in [3.63, 3.8) is 0 Å². The number of thiophene rings is 2. The van der Waals surface area contributed by atoms with Crippen LogP contribution in [0.1, 0.15) is 119 Å². The number of fused-ring (bicyclic) bond motifs is 10. The van der Waals surface area contributed by atoms with E-state index in [4.69, 9.17) is 14.3 Å². The molecule has 0 saturated heterocycles. The van der Waals surface area contributed by atoms with E-state index in [-0.39, 0.29) is 11.6 Å². The summed E-state index contributed by atoms with van der Waals surface area (Å²) in [5.74, 6) is 1.51. The molecule has 0 radical (unpaired) electrons. The van der Waals surface area contributed by atoms with Gasteiger partial charge < -0.3 is 28.9 Å². The van der Waals surface area contributed by atoms with E-state index in [0.29, 0.717) is 56.4 Å². The first-order valence-electron chi connectivity index (χ1n) is 27.4. The zero-order chi connectivity index (χ0) is 51.5. The van der Waals surface area contributed by atoms with Crippen LogP contribution in [-0.4, -0.2) is 65.7 Å². The minimum Gasteiger partial charge on any atom is -0.399 e. The smallest absolute Gasteiger partial charge is 0.203 e. The highest BCUT2D eigenvalue weighted by Crippen LogP contribution is 2.41. The molecular formula is C65H64N4O5S2. The van der Waals surface area contributed by atoms with Crippen LogP contribution in [0.4, 0.5) is 0 Å². The average Bonchev–Trinajstić information content (AvgIpc) is 4.41. The van der Waals surface area contributed by atoms with Crippen molar-refractivity contribution < 1.29 is 23.9 Å². The van der Waals surface area contributed by atoms with E-state index in [1.165, 1.54) is 74.0 Å². The maximum atomic E-state index is 14.2. The lowest BCUT2D eigenvalue weighted by atomic mass is 9.95. The predicted octanol–water partition coefficient (Wildman–Crippen LogP) is 16.2. The Hall–Kier alpha value is -6.76. The number of nitrogens with zero attached hydrogens (tertiary/aromatic N) is 3. The van der Waals surface area contributed by atoms with Crippen LogP contribution in [0.3, 0.4) is 0 Å². The molecule has 6 aromatic carbocycles. The van der Waals surface area contributed by atoms with Gasteiger partial charge in [-0.15, -0.1) is 22.7 Å². The Bertz CT molecular complexity index is 3800. The highest BCUT2D eigenvalue weighted by atomic mass is 32.1. The standard InChI is InChI=1S/C65H64N4O5S2/c1-72-67-57(27-23-43-14-4-5-15-43)45-25-29-59-51(39-45)53-41-55(65(71)61-21-11-37-76-61)47-17-7-9-19-49(47)63(53)69(59)31-33-74-35-34-73-32-30-68-58-28-24-44(56(66)26-22-42-12-2-3-13-42)38-50(58)52-40-54(64(70)60-20-10-36-75-60)46-16-6-8-18-48(46)62(52)68/h6-11,16-21,24-25,28-29,36-43,66H,2-5,12-15,22-23,26-27,30-35H2,1H3/b66-56?,67-57+. The van der Waals surface area contributed by atoms with Gasteiger partial charge in [-0.3, -0.25) is 9.59 Å². The fraction of sp³-hybridized carbons (Fsp3) is 0.323. The van der Waals surface area contributed by atoms with Crippen molar-refractivity contribution in [2.75, 3.05) is 33.5 Å². The van der Waals surface area contributed by atoms with E-state index in [2.05, 4.69) is 99.2 Å². The third-order valence-corrected chi connectivity index (χ3v) is 18.2. The Kier molecular flexibility index (Phi) is 14.8. The van der Waals surface area contributed by atoms with Crippen LogP contribution in [-0.2, 0) is 27.4 Å². The average molecular weight is 1050 g/mol. The van der Waals surface area contributed by atoms with Gasteiger partial charge in [-0.2, -0.15) is 0 Å². The maximum Gasteiger partial charge on any atom is 0.203 e. The summed E-state index contributed by atoms with van der Waals surface area (Å²) in [6.45, 7) is 2.99. The number of hydrogen-bond acceptors (Lipinski definition) is 9. The van der Waals surface area contributed by atoms with Crippen LogP contribution in [0.5, 0.6) is 0 Å². The second kappa shape index (κ2) is 22.4. The lowest BCUT2D eigenvalue weighted by molar-refractivity contribution is 0.0431. The van der Waals surface area contributed by atoms with Crippen molar-refractivity contribution in [3.8, 4) is 0 Å². The van der Waals surface area contributed by atoms with Gasteiger partial charge in [-0.1, -0.05) is 129 Å². The molecule has 4 aromatic heterocycles. The van der Waals surface area contributed by atoms with Gasteiger partial charge in [-0.05, 0) is 113 Å². The molecule has 1 N–H and O–H groups in total. The van der Waals surface area contributed by atoms with Crippen molar-refractivity contribution in [1.82, 2.24) is 9.13 Å². The van der Waals surface area contributed by atoms with E-state index in [9.17, 15) is 15.0 Å². The number of hydrogen-bond donors (Lipinski definition) is 1. The Morgan fingerprint density at radius 1 is 0.539 bits per heavy atom. The van der Waals surface area contributed by atoms with Gasteiger partial charge in [0, 0.05) is 78.8 Å². The fourth-order valence-electron chi connectivity index (χ4n) is 12.6. The summed E-state index contributed by atoms with van der Waals surface area (Å²) in [7, 11) is 1.63. The number of benzene rings is 6. The molecule has 9 nitrogen and oxygen atoms in total. The summed E-state index contributed by atoms with van der Waals surface area (Å²) < 4.78 is 17.5. The summed E-state index contributed by atoms with van der Waals surface area (Å²) in [5.41, 5.74) is 9.30. The number of carbonyl (C=O) groups is 2. The topological polar surface area (TPSA) is 108 Å². The summed E-state index contributed by atoms with van der Waals surface area (Å²) in [6.07, 6.45) is 14.1. The molecule has 11 heteroatoms. The van der Waals surface area contributed by atoms with Crippen LogP contribution in [0.15, 0.2) is 137 Å². The number of rotatable bonds is 22. The Labute approximate surface area is 451 Å². The normalized spacial score (nSPS) is 14.7. The van der Waals surface area contributed by atoms with Gasteiger partial charge in [0.2, 0.25) is 11.6 Å². The molecule has 2 saturated carbocycles. The first-order chi connectivity index (χ1) is 37.4. The maximum absolute atomic E-state index is 14.2. The van der Waals surface area contributed by atoms with E-state index in [0.717, 1.165) is 129 Å². The fourth-order valence-corrected chi connectivity index (χ4v) is 14.0. The molecule has 2 fully saturated rings. The van der Waals surface area contributed by atoms with E-state index < -0.39 is 0 Å². The number of nitrogens with one attached hydrogen (secondary N) is 1. The second-order valence-electron chi connectivity index (χ2n) is 20.9. The van der Waals surface area contributed by atoms with Gasteiger partial charge in [0.15, 0.2) is 0 Å². The second-order valence-corrected chi connectivity index (χ2v) is 22.8. The molecule has 12 rings (SSSR count). The third-order valence-electron chi connectivity index (χ3n) is 16.4. The minimum absolute atomic E-state index is 0.0281. The lowest BCUT2D eigenvalue weighted by Gasteiger charge is -2.13. The molecule has 0 aliphatic heterocycles. The van der Waals surface area contributed by atoms with Crippen molar-refractivity contribution in [2.45, 2.75) is 90.1 Å². The predicted molar refractivity (Wildman–Crippen MR) is 314 cm³/mol. The first-order valence-corrected chi connectivity index (χ1v) is 29.1. The zero-order valence-electron chi connectivity index (χ0n) is 43.3. The molecule has 76 heavy (non-hydrogen) atoms. The largest absolute Gasteiger partial charge is 0.399 e. The van der Waals surface area contributed by atoms with Crippen LogP contribution in [0.2, 0.25) is 0 Å². The molecular weight excluding hydrogens is 981 g/mol. The molecule has 2 aliphatic rings. The first kappa shape index (κ1) is 50.1. The van der Waals surface area contributed by atoms with Crippen molar-refractivity contribution in [3.05, 3.63) is 164 Å². The molecule has 0 spiro atoms. The summed E-state index contributed by atoms with van der Waals surface area (Å²) in [6, 6.07) is 41.5. The molecule has 0 unspecified atom stereocenters. The van der Waals surface area contributed by atoms with Gasteiger partial charge in [0.05, 0.1) is 52.9 Å². The number of ether oxygens (including phenoxy) is 2.